The van der Waals surface area contributed by atoms with Crippen LogP contribution in [0.1, 0.15) is 110 Å². The molecule has 5 rings (SSSR count). The average molecular weight is 732 g/mol. The van der Waals surface area contributed by atoms with Crippen molar-refractivity contribution in [2.45, 2.75) is 96.9 Å². The van der Waals surface area contributed by atoms with Gasteiger partial charge in [0.25, 0.3) is 11.8 Å². The van der Waals surface area contributed by atoms with Crippen molar-refractivity contribution in [2.24, 2.45) is 0 Å². The van der Waals surface area contributed by atoms with Crippen LogP contribution in [0, 0.1) is 6.92 Å². The lowest BCUT2D eigenvalue weighted by Crippen LogP contribution is -2.37. The van der Waals surface area contributed by atoms with E-state index in [0.29, 0.717) is 57.7 Å². The number of nitrogens with zero attached hydrogens (tertiary/aromatic N) is 3. The largest absolute Gasteiger partial charge is 0.491 e. The molecule has 9 nitrogen and oxygen atoms in total. The van der Waals surface area contributed by atoms with Crippen LogP contribution >= 0.6 is 23.2 Å². The minimum atomic E-state index is -0.960. The van der Waals surface area contributed by atoms with Gasteiger partial charge in [0.2, 0.25) is 0 Å². The second-order valence-corrected chi connectivity index (χ2v) is 13.8. The van der Waals surface area contributed by atoms with Crippen LogP contribution in [-0.4, -0.2) is 38.2 Å². The van der Waals surface area contributed by atoms with E-state index in [2.05, 4.69) is 32.9 Å². The van der Waals surface area contributed by atoms with Crippen LogP contribution in [0.5, 0.6) is 5.75 Å². The van der Waals surface area contributed by atoms with Gasteiger partial charge in [-0.05, 0) is 61.2 Å². The number of anilines is 1. The molecule has 0 aliphatic heterocycles. The van der Waals surface area contributed by atoms with Gasteiger partial charge in [0, 0.05) is 17.0 Å². The molecule has 51 heavy (non-hydrogen) atoms. The fourth-order valence-corrected chi connectivity index (χ4v) is 6.39. The van der Waals surface area contributed by atoms with Gasteiger partial charge in [-0.3, -0.25) is 14.7 Å². The monoisotopic (exact) mass is 730 g/mol. The van der Waals surface area contributed by atoms with Gasteiger partial charge >= 0.3 is 0 Å². The van der Waals surface area contributed by atoms with Crippen LogP contribution in [0.3, 0.4) is 0 Å². The SMILES string of the molecule is CCCCCCCCCCCCOc1ccc(Cl)cc1NC(=O)C(NC(=O)c1ccc(CCc2n[nH]c3c(Cl)c(C)nn23)cc1)c1ccccc1. The third-order valence-electron chi connectivity index (χ3n) is 9.00. The summed E-state index contributed by atoms with van der Waals surface area (Å²) in [6.45, 7) is 4.64. The zero-order chi connectivity index (χ0) is 36.0. The molecule has 0 saturated carbocycles. The van der Waals surface area contributed by atoms with Crippen LogP contribution < -0.4 is 15.4 Å². The maximum Gasteiger partial charge on any atom is 0.252 e. The van der Waals surface area contributed by atoms with Gasteiger partial charge < -0.3 is 15.4 Å². The van der Waals surface area contributed by atoms with E-state index >= 15 is 0 Å². The third kappa shape index (κ3) is 10.8. The molecule has 2 aromatic heterocycles. The minimum absolute atomic E-state index is 0.371. The minimum Gasteiger partial charge on any atom is -0.491 e. The van der Waals surface area contributed by atoms with E-state index in [9.17, 15) is 9.59 Å². The van der Waals surface area contributed by atoms with Crippen LogP contribution in [0.4, 0.5) is 5.69 Å². The zero-order valence-corrected chi connectivity index (χ0v) is 31.0. The van der Waals surface area contributed by atoms with Crippen molar-refractivity contribution in [3.8, 4) is 5.75 Å². The quantitative estimate of drug-likeness (QED) is 0.0690. The van der Waals surface area contributed by atoms with Crippen molar-refractivity contribution in [1.29, 1.82) is 0 Å². The Morgan fingerprint density at radius 1 is 0.863 bits per heavy atom. The lowest BCUT2D eigenvalue weighted by Gasteiger charge is -2.20. The Labute approximate surface area is 310 Å². The number of carbonyl (C=O) groups excluding carboxylic acids is 2. The van der Waals surface area contributed by atoms with E-state index < -0.39 is 11.9 Å². The van der Waals surface area contributed by atoms with E-state index in [4.69, 9.17) is 27.9 Å². The molecule has 3 aromatic carbocycles. The number of carbonyl (C=O) groups is 2. The fourth-order valence-electron chi connectivity index (χ4n) is 6.06. The Morgan fingerprint density at radius 2 is 1.55 bits per heavy atom. The molecule has 5 aromatic rings. The Hall–Kier alpha value is -4.34. The Balaban J connectivity index is 1.16. The number of H-pyrrole nitrogens is 1. The zero-order valence-electron chi connectivity index (χ0n) is 29.5. The van der Waals surface area contributed by atoms with Crippen molar-refractivity contribution in [3.63, 3.8) is 0 Å². The molecule has 0 fully saturated rings. The van der Waals surface area contributed by atoms with Crippen LogP contribution in [0.2, 0.25) is 10.0 Å². The van der Waals surface area contributed by atoms with E-state index in [1.807, 2.05) is 49.4 Å². The summed E-state index contributed by atoms with van der Waals surface area (Å²) in [6.07, 6.45) is 13.7. The predicted octanol–water partition coefficient (Wildman–Crippen LogP) is 9.87. The van der Waals surface area contributed by atoms with Crippen molar-refractivity contribution < 1.29 is 14.3 Å². The van der Waals surface area contributed by atoms with Gasteiger partial charge in [-0.15, -0.1) is 0 Å². The first-order valence-electron chi connectivity index (χ1n) is 18.1. The summed E-state index contributed by atoms with van der Waals surface area (Å²) in [4.78, 5) is 27.3. The molecule has 0 saturated heterocycles. The lowest BCUT2D eigenvalue weighted by atomic mass is 10.0. The summed E-state index contributed by atoms with van der Waals surface area (Å²) < 4.78 is 7.83. The number of ether oxygens (including phenoxy) is 1. The Bertz CT molecular complexity index is 1860. The van der Waals surface area contributed by atoms with E-state index in [1.54, 1.807) is 34.8 Å². The smallest absolute Gasteiger partial charge is 0.252 e. The highest BCUT2D eigenvalue weighted by molar-refractivity contribution is 6.34. The lowest BCUT2D eigenvalue weighted by molar-refractivity contribution is -0.118. The van der Waals surface area contributed by atoms with Gasteiger partial charge in [-0.2, -0.15) is 14.7 Å². The first-order chi connectivity index (χ1) is 24.8. The topological polar surface area (TPSA) is 113 Å². The predicted molar refractivity (Wildman–Crippen MR) is 205 cm³/mol. The highest BCUT2D eigenvalue weighted by atomic mass is 35.5. The van der Waals surface area contributed by atoms with Crippen LogP contribution in [0.25, 0.3) is 5.65 Å². The number of aromatic amines is 1. The number of nitrogens with one attached hydrogen (secondary N) is 3. The number of fused-ring (bicyclic) bond motifs is 1. The molecule has 11 heteroatoms. The third-order valence-corrected chi connectivity index (χ3v) is 9.69. The van der Waals surface area contributed by atoms with Gasteiger partial charge in [0.15, 0.2) is 11.5 Å². The second kappa shape index (κ2) is 19.3. The molecule has 2 heterocycles. The number of halogens is 2. The molecular formula is C40H48Cl2N6O3. The number of unbranched alkanes of at least 4 members (excludes halogenated alkanes) is 9. The van der Waals surface area contributed by atoms with E-state index in [0.717, 1.165) is 29.9 Å². The van der Waals surface area contributed by atoms with Crippen molar-refractivity contribution in [3.05, 3.63) is 111 Å². The maximum atomic E-state index is 13.8. The molecule has 270 valence electrons. The average Bonchev–Trinajstić information content (AvgIpc) is 3.67. The molecule has 0 radical (unpaired) electrons. The Morgan fingerprint density at radius 3 is 2.25 bits per heavy atom. The molecular weight excluding hydrogens is 683 g/mol. The normalized spacial score (nSPS) is 11.8. The molecule has 2 amide bonds. The summed E-state index contributed by atoms with van der Waals surface area (Å²) in [5, 5.41) is 18.7. The summed E-state index contributed by atoms with van der Waals surface area (Å²) in [5.41, 5.74) is 3.99. The van der Waals surface area contributed by atoms with Gasteiger partial charge in [0.05, 0.1) is 18.0 Å². The number of rotatable bonds is 20. The van der Waals surface area contributed by atoms with E-state index in [-0.39, 0.29) is 5.91 Å². The number of aromatic nitrogens is 4. The molecule has 0 spiro atoms. The Kier molecular flexibility index (Phi) is 14.4. The molecule has 0 aliphatic carbocycles. The van der Waals surface area contributed by atoms with Gasteiger partial charge in [-0.25, -0.2) is 0 Å². The molecule has 1 unspecified atom stereocenters. The highest BCUT2D eigenvalue weighted by Gasteiger charge is 2.25. The summed E-state index contributed by atoms with van der Waals surface area (Å²) >= 11 is 12.6. The number of benzene rings is 3. The molecule has 0 aliphatic rings. The van der Waals surface area contributed by atoms with Crippen LogP contribution in [-0.2, 0) is 17.6 Å². The van der Waals surface area contributed by atoms with Crippen LogP contribution in [0.15, 0.2) is 72.8 Å². The molecule has 0 bridgehead atoms. The first-order valence-corrected chi connectivity index (χ1v) is 18.9. The van der Waals surface area contributed by atoms with Gasteiger partial charge in [-0.1, -0.05) is 130 Å². The number of aryl methyl sites for hydroxylation is 3. The van der Waals surface area contributed by atoms with E-state index in [1.165, 1.54) is 51.4 Å². The molecule has 3 N–H and O–H groups in total. The summed E-state index contributed by atoms with van der Waals surface area (Å²) in [5.74, 6) is 0.533. The summed E-state index contributed by atoms with van der Waals surface area (Å²) in [7, 11) is 0. The maximum absolute atomic E-state index is 13.8. The number of hydrogen-bond donors (Lipinski definition) is 3. The van der Waals surface area contributed by atoms with Gasteiger partial charge in [0.1, 0.15) is 16.8 Å². The fraction of sp³-hybridized carbons (Fsp3) is 0.400. The van der Waals surface area contributed by atoms with Crippen molar-refractivity contribution >= 4 is 46.4 Å². The molecule has 1 atom stereocenters. The van der Waals surface area contributed by atoms with Crippen molar-refractivity contribution in [2.75, 3.05) is 11.9 Å². The summed E-state index contributed by atoms with van der Waals surface area (Å²) in [6, 6.07) is 20.7. The highest BCUT2D eigenvalue weighted by Crippen LogP contribution is 2.30. The first kappa shape index (κ1) is 37.9. The van der Waals surface area contributed by atoms with Crippen molar-refractivity contribution in [1.82, 2.24) is 25.1 Å². The number of amides is 2. The second-order valence-electron chi connectivity index (χ2n) is 13.0. The number of hydrogen-bond acceptors (Lipinski definition) is 5. The standard InChI is InChI=1S/C40H48Cl2N6O3/c1-3-4-5-6-7-8-9-10-11-15-26-51-34-24-23-32(41)27-33(34)43-40(50)37(30-16-13-12-14-17-30)44-39(49)31-21-18-29(19-22-31)20-25-35-45-46-38-36(42)28(2)47-48(35)38/h12-14,16-19,21-24,27,37,46H,3-11,15,20,25-26H2,1-2H3,(H,43,50)(H,44,49).